The minimum absolute atomic E-state index is 0.00588. The van der Waals surface area contributed by atoms with Gasteiger partial charge in [0.15, 0.2) is 0 Å². The molecule has 5 aliphatic rings. The van der Waals surface area contributed by atoms with E-state index in [1.54, 1.807) is 24.1 Å². The number of fused-ring (bicyclic) bond motifs is 11. The number of phenols is 1. The van der Waals surface area contributed by atoms with Crippen LogP contribution in [-0.4, -0.2) is 123 Å². The van der Waals surface area contributed by atoms with E-state index in [9.17, 15) is 29.1 Å². The molecule has 7 heterocycles. The van der Waals surface area contributed by atoms with Crippen LogP contribution in [0.3, 0.4) is 0 Å². The van der Waals surface area contributed by atoms with Crippen molar-refractivity contribution in [3.63, 3.8) is 0 Å². The molecule has 5 aliphatic heterocycles. The topological polar surface area (TPSA) is 188 Å². The van der Waals surface area contributed by atoms with Gasteiger partial charge in [-0.25, -0.2) is 5.43 Å². The highest BCUT2D eigenvalue weighted by Crippen LogP contribution is 2.49. The van der Waals surface area contributed by atoms with Crippen LogP contribution in [0.4, 0.5) is 0 Å². The molecular weight excluding hydrogens is 825 g/mol. The molecule has 15 nitrogen and oxygen atoms in total. The lowest BCUT2D eigenvalue weighted by molar-refractivity contribution is -0.155. The molecule has 0 spiro atoms. The van der Waals surface area contributed by atoms with Crippen molar-refractivity contribution in [1.29, 1.82) is 0 Å². The Morgan fingerprint density at radius 1 is 1.03 bits per heavy atom. The molecule has 2 aromatic carbocycles. The largest absolute Gasteiger partial charge is 0.508 e. The Labute approximate surface area is 380 Å². The summed E-state index contributed by atoms with van der Waals surface area (Å²) in [6, 6.07) is 12.8. The van der Waals surface area contributed by atoms with Gasteiger partial charge in [0, 0.05) is 79.7 Å². The van der Waals surface area contributed by atoms with E-state index < -0.39 is 47.2 Å². The minimum atomic E-state index is -1.14. The second-order valence-electron chi connectivity index (χ2n) is 20.2. The molecule has 4 aromatic rings. The number of rotatable bonds is 6. The number of pyridine rings is 1. The molecule has 4 amide bonds. The van der Waals surface area contributed by atoms with Crippen molar-refractivity contribution in [3.05, 3.63) is 71.5 Å². The maximum atomic E-state index is 14.7. The van der Waals surface area contributed by atoms with Crippen molar-refractivity contribution in [2.75, 3.05) is 39.8 Å². The molecule has 7 atom stereocenters. The van der Waals surface area contributed by atoms with E-state index >= 15 is 0 Å². The summed E-state index contributed by atoms with van der Waals surface area (Å²) in [5, 5.41) is 19.8. The number of nitrogens with one attached hydrogen (secondary N) is 3. The molecule has 6 bridgehead atoms. The number of carbonyl (C=O) groups excluding carboxylic acids is 5. The number of carbonyl (C=O) groups is 5. The summed E-state index contributed by atoms with van der Waals surface area (Å²) in [5.74, 6) is -2.27. The Bertz CT molecular complexity index is 2560. The van der Waals surface area contributed by atoms with Crippen LogP contribution in [0.25, 0.3) is 33.3 Å². The summed E-state index contributed by atoms with van der Waals surface area (Å²) in [6.45, 7) is 14.2. The quantitative estimate of drug-likeness (QED) is 0.156. The molecule has 4 N–H and O–H groups in total. The zero-order valence-corrected chi connectivity index (χ0v) is 38.5. The lowest BCUT2D eigenvalue weighted by atomic mass is 9.82. The summed E-state index contributed by atoms with van der Waals surface area (Å²) >= 11 is 0. The first-order chi connectivity index (χ1) is 31.0. The van der Waals surface area contributed by atoms with Gasteiger partial charge in [-0.3, -0.25) is 34.0 Å². The van der Waals surface area contributed by atoms with Crippen molar-refractivity contribution >= 4 is 40.5 Å². The highest BCUT2D eigenvalue weighted by atomic mass is 16.5. The molecule has 0 aliphatic carbocycles. The van der Waals surface area contributed by atoms with E-state index in [2.05, 4.69) is 72.6 Å². The highest BCUT2D eigenvalue weighted by Gasteiger charge is 2.43. The second-order valence-corrected chi connectivity index (χ2v) is 20.2. The monoisotopic (exact) mass is 886 g/mol. The van der Waals surface area contributed by atoms with Gasteiger partial charge in [0.2, 0.25) is 17.7 Å². The van der Waals surface area contributed by atoms with Crippen LogP contribution >= 0.6 is 0 Å². The lowest BCUT2D eigenvalue weighted by Crippen LogP contribution is -2.62. The average Bonchev–Trinajstić information content (AvgIpc) is 3.93. The number of likely N-dealkylation sites (tertiary alicyclic amines) is 1. The molecule has 3 fully saturated rings. The summed E-state index contributed by atoms with van der Waals surface area (Å²) < 4.78 is 8.53. The predicted octanol–water partition coefficient (Wildman–Crippen LogP) is 4.71. The van der Waals surface area contributed by atoms with E-state index in [4.69, 9.17) is 9.72 Å². The van der Waals surface area contributed by atoms with Crippen LogP contribution < -0.4 is 16.1 Å². The van der Waals surface area contributed by atoms with E-state index in [1.165, 1.54) is 9.91 Å². The zero-order chi connectivity index (χ0) is 46.1. The van der Waals surface area contributed by atoms with E-state index in [0.29, 0.717) is 57.4 Å². The third-order valence-electron chi connectivity index (χ3n) is 14.3. The highest BCUT2D eigenvalue weighted by molar-refractivity contribution is 5.97. The number of nitrogens with zero attached hydrogens (tertiary/aromatic N) is 5. The fourth-order valence-electron chi connectivity index (χ4n) is 10.7. The number of hydrazine groups is 1. The third kappa shape index (κ3) is 8.48. The number of cyclic esters (lactones) is 1. The van der Waals surface area contributed by atoms with Crippen molar-refractivity contribution < 1.29 is 33.8 Å². The molecule has 344 valence electrons. The van der Waals surface area contributed by atoms with Crippen LogP contribution in [-0.2, 0) is 41.6 Å². The van der Waals surface area contributed by atoms with Gasteiger partial charge in [0.25, 0.3) is 5.91 Å². The van der Waals surface area contributed by atoms with Crippen LogP contribution in [0.1, 0.15) is 89.6 Å². The Morgan fingerprint density at radius 3 is 2.57 bits per heavy atom. The third-order valence-corrected chi connectivity index (χ3v) is 14.3. The molecule has 1 unspecified atom stereocenters. The van der Waals surface area contributed by atoms with E-state index in [1.807, 2.05) is 32.2 Å². The average molecular weight is 887 g/mol. The lowest BCUT2D eigenvalue weighted by Gasteiger charge is -2.37. The predicted molar refractivity (Wildman–Crippen MR) is 245 cm³/mol. The maximum absolute atomic E-state index is 14.7. The van der Waals surface area contributed by atoms with Crippen LogP contribution in [0, 0.1) is 17.3 Å². The van der Waals surface area contributed by atoms with Crippen LogP contribution in [0.5, 0.6) is 5.75 Å². The number of phenolic OH excluding ortho intramolecular Hbond substituents is 1. The molecule has 0 saturated carbocycles. The van der Waals surface area contributed by atoms with E-state index in [0.717, 1.165) is 44.5 Å². The molecule has 9 rings (SSSR count). The summed E-state index contributed by atoms with van der Waals surface area (Å²) in [7, 11) is 1.61. The first-order valence-electron chi connectivity index (χ1n) is 23.3. The van der Waals surface area contributed by atoms with Gasteiger partial charge in [0.1, 0.15) is 23.9 Å². The van der Waals surface area contributed by atoms with Crippen molar-refractivity contribution in [2.24, 2.45) is 17.3 Å². The first-order valence-corrected chi connectivity index (χ1v) is 23.3. The number of amides is 4. The first kappa shape index (κ1) is 44.4. The zero-order valence-electron chi connectivity index (χ0n) is 38.5. The normalized spacial score (nSPS) is 25.6. The number of hydrogen-bond donors (Lipinski definition) is 4. The summed E-state index contributed by atoms with van der Waals surface area (Å²) in [4.78, 5) is 77.9. The number of aromatic nitrogens is 2. The number of hydrogen-bond acceptors (Lipinski definition) is 10. The van der Waals surface area contributed by atoms with Crippen LogP contribution in [0.2, 0.25) is 0 Å². The number of aromatic hydroxyl groups is 1. The Balaban J connectivity index is 1.08. The Kier molecular flexibility index (Phi) is 11.8. The number of ether oxygens (including phenoxy) is 1. The molecule has 2 aromatic heterocycles. The fourth-order valence-corrected chi connectivity index (χ4v) is 10.7. The smallest absolute Gasteiger partial charge is 0.324 e. The standard InChI is InChI=1S/C50H62N8O7/c1-27(2)43(55(7)46(61)32-14-17-56(25-32)47(62)40-24-52-40)45(60)53-39-20-30-18-33(21-34(59)19-30)31-12-13-41-36(22-31)37(44-35-10-8-15-51-42(35)28(3)29(4)58(41)44)23-50(5,6)26-65-49(64)38-11-9-16-57(54-38)48(39)63/h8,10,12-13,15,18-19,21-22,27-29,32,38-40,43,52,54,59H,9,11,14,16-17,20,23-26H2,1-7H3,(H,53,60)/t28-,29?,32-,38-,39-,40+,43-/m0/s1. The molecule has 65 heavy (non-hydrogen) atoms. The molecule has 3 saturated heterocycles. The van der Waals surface area contributed by atoms with Gasteiger partial charge in [-0.1, -0.05) is 46.8 Å². The van der Waals surface area contributed by atoms with Crippen molar-refractivity contribution in [2.45, 2.75) is 110 Å². The van der Waals surface area contributed by atoms with Crippen molar-refractivity contribution in [3.8, 4) is 28.1 Å². The van der Waals surface area contributed by atoms with Gasteiger partial charge >= 0.3 is 5.97 Å². The van der Waals surface area contributed by atoms with Gasteiger partial charge in [0.05, 0.1) is 30.0 Å². The van der Waals surface area contributed by atoms with Gasteiger partial charge in [-0.05, 0) is 97.2 Å². The second kappa shape index (κ2) is 17.2. The van der Waals surface area contributed by atoms with Gasteiger partial charge in [-0.15, -0.1) is 0 Å². The summed E-state index contributed by atoms with van der Waals surface area (Å²) in [5.41, 5.74) is 10.3. The SMILES string of the molecule is CC(C)[C@@H](C(=O)N[C@H]1Cc2cc(O)cc(c2)-c2ccc3c(c2)c(c2n3C(C)[C@H](C)c3ncccc3-2)CC(C)(C)COC(=O)[C@@H]2CCCN(N2)C1=O)N(C)C(=O)[C@H]1CCN(C(=O)[C@H]2CN2)C1. The van der Waals surface area contributed by atoms with Gasteiger partial charge in [-0.2, -0.15) is 0 Å². The number of esters is 1. The Hall–Kier alpha value is -5.80. The maximum Gasteiger partial charge on any atom is 0.324 e. The van der Waals surface area contributed by atoms with E-state index in [-0.39, 0.29) is 54.5 Å². The fraction of sp³-hybridized carbons (Fsp3) is 0.520. The molecule has 0 radical (unpaired) electrons. The number of benzene rings is 2. The van der Waals surface area contributed by atoms with Crippen LogP contribution in [0.15, 0.2) is 54.7 Å². The van der Waals surface area contributed by atoms with Crippen molar-refractivity contribution in [1.82, 2.24) is 40.4 Å². The molecular formula is C50H62N8O7. The van der Waals surface area contributed by atoms with Gasteiger partial charge < -0.3 is 34.8 Å². The minimum Gasteiger partial charge on any atom is -0.508 e. The number of likely N-dealkylation sites (N-methyl/N-ethyl adjacent to an activating group) is 1. The molecule has 15 heteroatoms. The Morgan fingerprint density at radius 2 is 1.82 bits per heavy atom. The summed E-state index contributed by atoms with van der Waals surface area (Å²) in [6.07, 6.45) is 3.95.